The van der Waals surface area contributed by atoms with Crippen molar-refractivity contribution in [3.05, 3.63) is 51.8 Å². The molecule has 25 heavy (non-hydrogen) atoms. The van der Waals surface area contributed by atoms with E-state index in [1.165, 1.54) is 6.20 Å². The Hall–Kier alpha value is -1.27. The number of thioether (sulfide) groups is 1. The molecule has 1 saturated heterocycles. The first-order valence-electron chi connectivity index (χ1n) is 7.82. The number of carbonyl (C=O) groups is 1. The molecule has 0 amide bonds. The molecule has 1 unspecified atom stereocenters. The predicted octanol–water partition coefficient (Wildman–Crippen LogP) is 4.70. The highest BCUT2D eigenvalue weighted by Gasteiger charge is 2.20. The fourth-order valence-electron chi connectivity index (χ4n) is 2.55. The first-order valence-corrected chi connectivity index (χ1v) is 9.80. The minimum atomic E-state index is -0.0723. The highest BCUT2D eigenvalue weighted by atomic mass is 35.5. The van der Waals surface area contributed by atoms with Crippen LogP contribution in [0.4, 0.5) is 0 Å². The van der Waals surface area contributed by atoms with Crippen molar-refractivity contribution in [2.75, 3.05) is 19.5 Å². The maximum Gasteiger partial charge on any atom is 0.169 e. The number of carbonyl (C=O) groups excluding carboxylic acids is 1. The molecule has 1 aromatic heterocycles. The maximum absolute atomic E-state index is 12.6. The van der Waals surface area contributed by atoms with Crippen LogP contribution in [0.1, 0.15) is 22.5 Å². The molecule has 1 aromatic carbocycles. The summed E-state index contributed by atoms with van der Waals surface area (Å²) in [6, 6.07) is 7.08. The fraction of sp³-hybridized carbons (Fsp3) is 0.333. The fourth-order valence-corrected chi connectivity index (χ4v) is 3.51. The molecule has 1 aliphatic heterocycles. The number of halogens is 2. The van der Waals surface area contributed by atoms with Gasteiger partial charge in [-0.15, -0.1) is 11.8 Å². The van der Waals surface area contributed by atoms with Crippen LogP contribution in [-0.4, -0.2) is 36.3 Å². The van der Waals surface area contributed by atoms with Crippen LogP contribution in [0.3, 0.4) is 0 Å². The predicted molar refractivity (Wildman–Crippen MR) is 100 cm³/mol. The summed E-state index contributed by atoms with van der Waals surface area (Å²) in [7, 11) is 0. The standard InChI is InChI=1S/C18H17Cl2NO3S/c1-25-18-3-2-11(6-17(18)24-13-4-5-23-10-13)16(22)8-15-14(20)7-12(19)9-21-15/h2-3,6-7,9,13H,4-5,8,10H2,1H3. The summed E-state index contributed by atoms with van der Waals surface area (Å²) < 4.78 is 11.4. The van der Waals surface area contributed by atoms with Crippen LogP contribution >= 0.6 is 35.0 Å². The Kier molecular flexibility index (Phi) is 6.23. The number of rotatable bonds is 6. The highest BCUT2D eigenvalue weighted by Crippen LogP contribution is 2.31. The summed E-state index contributed by atoms with van der Waals surface area (Å²) in [5.41, 5.74) is 1.08. The first-order chi connectivity index (χ1) is 12.1. The van der Waals surface area contributed by atoms with Crippen LogP contribution < -0.4 is 4.74 Å². The normalized spacial score (nSPS) is 16.8. The summed E-state index contributed by atoms with van der Waals surface area (Å²) >= 11 is 13.5. The van der Waals surface area contributed by atoms with Crippen LogP contribution in [0, 0.1) is 0 Å². The number of Topliss-reactive ketones (excluding diaryl/α,β-unsaturated/α-hetero) is 1. The Bertz CT molecular complexity index is 779. The van der Waals surface area contributed by atoms with E-state index in [1.54, 1.807) is 30.0 Å². The van der Waals surface area contributed by atoms with Crippen molar-refractivity contribution in [3.8, 4) is 5.75 Å². The molecular formula is C18H17Cl2NO3S. The van der Waals surface area contributed by atoms with Gasteiger partial charge in [-0.3, -0.25) is 9.78 Å². The zero-order valence-corrected chi connectivity index (χ0v) is 16.0. The van der Waals surface area contributed by atoms with Gasteiger partial charge in [0.05, 0.1) is 35.4 Å². The van der Waals surface area contributed by atoms with Gasteiger partial charge in [0.15, 0.2) is 5.78 Å². The largest absolute Gasteiger partial charge is 0.487 e. The second-order valence-corrected chi connectivity index (χ2v) is 7.34. The average molecular weight is 398 g/mol. The molecule has 0 bridgehead atoms. The maximum atomic E-state index is 12.6. The molecule has 0 spiro atoms. The SMILES string of the molecule is CSc1ccc(C(=O)Cc2ncc(Cl)cc2Cl)cc1OC1CCOC1. The molecule has 1 atom stereocenters. The number of ether oxygens (including phenoxy) is 2. The zero-order valence-electron chi connectivity index (χ0n) is 13.6. The van der Waals surface area contributed by atoms with Crippen LogP contribution in [0.25, 0.3) is 0 Å². The van der Waals surface area contributed by atoms with Gasteiger partial charge < -0.3 is 9.47 Å². The van der Waals surface area contributed by atoms with Crippen LogP contribution in [0.15, 0.2) is 35.4 Å². The van der Waals surface area contributed by atoms with Gasteiger partial charge in [0, 0.05) is 23.1 Å². The van der Waals surface area contributed by atoms with Gasteiger partial charge >= 0.3 is 0 Å². The monoisotopic (exact) mass is 397 g/mol. The lowest BCUT2D eigenvalue weighted by Gasteiger charge is -2.15. The van der Waals surface area contributed by atoms with Gasteiger partial charge in [0.25, 0.3) is 0 Å². The van der Waals surface area contributed by atoms with Crippen LogP contribution in [0.5, 0.6) is 5.75 Å². The van der Waals surface area contributed by atoms with Crippen molar-refractivity contribution < 1.29 is 14.3 Å². The van der Waals surface area contributed by atoms with Crippen molar-refractivity contribution >= 4 is 40.7 Å². The summed E-state index contributed by atoms with van der Waals surface area (Å²) in [6.07, 6.45) is 4.47. The third-order valence-electron chi connectivity index (χ3n) is 3.88. The third kappa shape index (κ3) is 4.67. The summed E-state index contributed by atoms with van der Waals surface area (Å²) in [6.45, 7) is 1.29. The van der Waals surface area contributed by atoms with Crippen molar-refractivity contribution in [1.29, 1.82) is 0 Å². The van der Waals surface area contributed by atoms with E-state index in [2.05, 4.69) is 4.98 Å². The van der Waals surface area contributed by atoms with Gasteiger partial charge in [0.2, 0.25) is 0 Å². The second-order valence-electron chi connectivity index (χ2n) is 5.65. The molecule has 0 aliphatic carbocycles. The summed E-state index contributed by atoms with van der Waals surface area (Å²) in [5.74, 6) is 0.640. The Morgan fingerprint density at radius 3 is 2.92 bits per heavy atom. The van der Waals surface area contributed by atoms with Crippen molar-refractivity contribution in [1.82, 2.24) is 4.98 Å². The number of ketones is 1. The Morgan fingerprint density at radius 1 is 1.40 bits per heavy atom. The van der Waals surface area contributed by atoms with E-state index in [0.717, 1.165) is 11.3 Å². The minimum absolute atomic E-state index is 0.0311. The molecule has 1 aliphatic rings. The summed E-state index contributed by atoms with van der Waals surface area (Å²) in [5, 5.41) is 0.834. The molecule has 0 radical (unpaired) electrons. The highest BCUT2D eigenvalue weighted by molar-refractivity contribution is 7.98. The first kappa shape index (κ1) is 18.5. The molecule has 2 aromatic rings. The van der Waals surface area contributed by atoms with E-state index in [1.807, 2.05) is 12.3 Å². The zero-order chi connectivity index (χ0) is 17.8. The van der Waals surface area contributed by atoms with E-state index < -0.39 is 0 Å². The smallest absolute Gasteiger partial charge is 0.169 e. The number of nitrogens with zero attached hydrogens (tertiary/aromatic N) is 1. The molecule has 3 rings (SSSR count). The van der Waals surface area contributed by atoms with E-state index in [9.17, 15) is 4.79 Å². The Balaban J connectivity index is 1.79. The quantitative estimate of drug-likeness (QED) is 0.521. The number of pyridine rings is 1. The molecule has 2 heterocycles. The van der Waals surface area contributed by atoms with Gasteiger partial charge in [0.1, 0.15) is 11.9 Å². The molecular weight excluding hydrogens is 381 g/mol. The number of hydrogen-bond acceptors (Lipinski definition) is 5. The number of hydrogen-bond donors (Lipinski definition) is 0. The molecule has 132 valence electrons. The van der Waals surface area contributed by atoms with Gasteiger partial charge in [-0.25, -0.2) is 0 Å². The van der Waals surface area contributed by atoms with Gasteiger partial charge in [-0.05, 0) is 24.5 Å². The minimum Gasteiger partial charge on any atom is -0.487 e. The van der Waals surface area contributed by atoms with Crippen molar-refractivity contribution in [2.45, 2.75) is 23.8 Å². The number of benzene rings is 1. The lowest BCUT2D eigenvalue weighted by Crippen LogP contribution is -2.16. The van der Waals surface area contributed by atoms with E-state index >= 15 is 0 Å². The van der Waals surface area contributed by atoms with E-state index in [4.69, 9.17) is 32.7 Å². The van der Waals surface area contributed by atoms with Gasteiger partial charge in [-0.1, -0.05) is 29.3 Å². The molecule has 4 nitrogen and oxygen atoms in total. The van der Waals surface area contributed by atoms with E-state index in [0.29, 0.717) is 40.3 Å². The average Bonchev–Trinajstić information content (AvgIpc) is 3.10. The summed E-state index contributed by atoms with van der Waals surface area (Å²) in [4.78, 5) is 17.8. The number of aromatic nitrogens is 1. The molecule has 1 fully saturated rings. The lowest BCUT2D eigenvalue weighted by molar-refractivity contribution is 0.0990. The second kappa shape index (κ2) is 8.41. The van der Waals surface area contributed by atoms with E-state index in [-0.39, 0.29) is 18.3 Å². The third-order valence-corrected chi connectivity index (χ3v) is 5.19. The van der Waals surface area contributed by atoms with Crippen molar-refractivity contribution in [2.24, 2.45) is 0 Å². The topological polar surface area (TPSA) is 48.4 Å². The lowest BCUT2D eigenvalue weighted by atomic mass is 10.1. The molecule has 0 N–H and O–H groups in total. The Morgan fingerprint density at radius 2 is 2.24 bits per heavy atom. The molecule has 7 heteroatoms. The Labute approximate surface area is 160 Å². The van der Waals surface area contributed by atoms with Crippen molar-refractivity contribution in [3.63, 3.8) is 0 Å². The van der Waals surface area contributed by atoms with Crippen LogP contribution in [-0.2, 0) is 11.2 Å². The van der Waals surface area contributed by atoms with Gasteiger partial charge in [-0.2, -0.15) is 0 Å². The van der Waals surface area contributed by atoms with Crippen LogP contribution in [0.2, 0.25) is 10.0 Å². The molecule has 0 saturated carbocycles.